The summed E-state index contributed by atoms with van der Waals surface area (Å²) in [7, 11) is 0. The minimum atomic E-state index is -4.03. The van der Waals surface area contributed by atoms with Gasteiger partial charge in [0.1, 0.15) is 0 Å². The van der Waals surface area contributed by atoms with Gasteiger partial charge in [0.15, 0.2) is 5.75 Å². The molecule has 8 heteroatoms. The third kappa shape index (κ3) is 2.97. The van der Waals surface area contributed by atoms with Crippen LogP contribution in [0, 0.1) is 0 Å². The molecule has 0 spiro atoms. The monoisotopic (exact) mass is 371 g/mol. The van der Waals surface area contributed by atoms with Crippen molar-refractivity contribution < 1.29 is 23.4 Å². The number of anilines is 1. The van der Waals surface area contributed by atoms with Crippen LogP contribution in [0.2, 0.25) is 0 Å². The summed E-state index contributed by atoms with van der Waals surface area (Å²) >= 11 is 0. The molecule has 0 bridgehead atoms. The molecule has 0 saturated heterocycles. The van der Waals surface area contributed by atoms with Crippen LogP contribution in [-0.2, 0) is 11.3 Å². The molecule has 1 aliphatic rings. The zero-order chi connectivity index (χ0) is 19.2. The highest BCUT2D eigenvalue weighted by Gasteiger charge is 2.51. The van der Waals surface area contributed by atoms with Gasteiger partial charge in [-0.2, -0.15) is 8.78 Å². The number of fused-ring (bicyclic) bond motifs is 2. The van der Waals surface area contributed by atoms with Crippen LogP contribution in [0.4, 0.5) is 14.5 Å². The molecule has 2 aromatic heterocycles. The number of para-hydroxylation sites is 1. The lowest BCUT2D eigenvalue weighted by Crippen LogP contribution is -2.50. The van der Waals surface area contributed by atoms with Crippen LogP contribution in [0.25, 0.3) is 10.9 Å². The summed E-state index contributed by atoms with van der Waals surface area (Å²) in [5.74, 6) is -1.68. The fourth-order valence-electron chi connectivity index (χ4n) is 3.05. The Bertz CT molecular complexity index is 1040. The first kappa shape index (κ1) is 17.3. The van der Waals surface area contributed by atoms with Crippen molar-refractivity contribution in [2.24, 2.45) is 0 Å². The number of aromatic nitrogens is 2. The number of carbonyl (C=O) groups excluding carboxylic acids is 1. The van der Waals surface area contributed by atoms with Gasteiger partial charge in [0, 0.05) is 23.3 Å². The third-order valence-corrected chi connectivity index (χ3v) is 4.36. The normalized spacial score (nSPS) is 16.7. The summed E-state index contributed by atoms with van der Waals surface area (Å²) in [5.41, 5.74) is 1.43. The standard InChI is InChI=1S/C19H15F2N3O3/c1-11(25)14-3-2-4-16-17(14)27-19(20,21)18(26)24(16)10-13-6-5-12-9-22-8-7-15(12)23-13/h2-9,11,25H,10H2,1H3/t11-/m0/s1. The van der Waals surface area contributed by atoms with Crippen molar-refractivity contribution >= 4 is 22.5 Å². The zero-order valence-corrected chi connectivity index (χ0v) is 14.3. The number of halogens is 2. The van der Waals surface area contributed by atoms with Crippen LogP contribution >= 0.6 is 0 Å². The first-order valence-corrected chi connectivity index (χ1v) is 8.26. The Morgan fingerprint density at radius 3 is 2.85 bits per heavy atom. The Kier molecular flexibility index (Phi) is 4.00. The Balaban J connectivity index is 1.79. The summed E-state index contributed by atoms with van der Waals surface area (Å²) in [6.07, 6.45) is -1.84. The predicted molar refractivity (Wildman–Crippen MR) is 93.4 cm³/mol. The van der Waals surface area contributed by atoms with Gasteiger partial charge in [-0.25, -0.2) is 0 Å². The second-order valence-corrected chi connectivity index (χ2v) is 6.25. The summed E-state index contributed by atoms with van der Waals surface area (Å²) in [4.78, 5) is 21.7. The fraction of sp³-hybridized carbons (Fsp3) is 0.211. The van der Waals surface area contributed by atoms with E-state index in [0.717, 1.165) is 10.3 Å². The van der Waals surface area contributed by atoms with Crippen LogP contribution in [-0.4, -0.2) is 27.1 Å². The van der Waals surface area contributed by atoms with Gasteiger partial charge in [-0.15, -0.1) is 0 Å². The number of carbonyl (C=O) groups is 1. The number of hydrogen-bond donors (Lipinski definition) is 1. The molecule has 0 fully saturated rings. The molecule has 1 amide bonds. The number of benzene rings is 1. The molecule has 4 rings (SSSR count). The van der Waals surface area contributed by atoms with E-state index in [0.29, 0.717) is 11.2 Å². The molecule has 1 aromatic carbocycles. The Morgan fingerprint density at radius 1 is 1.26 bits per heavy atom. The van der Waals surface area contributed by atoms with Gasteiger partial charge in [0.25, 0.3) is 0 Å². The Morgan fingerprint density at radius 2 is 2.07 bits per heavy atom. The van der Waals surface area contributed by atoms with E-state index in [4.69, 9.17) is 0 Å². The number of rotatable bonds is 3. The number of amides is 1. The van der Waals surface area contributed by atoms with E-state index >= 15 is 0 Å². The van der Waals surface area contributed by atoms with Crippen molar-refractivity contribution in [2.45, 2.75) is 25.7 Å². The first-order valence-electron chi connectivity index (χ1n) is 8.26. The summed E-state index contributed by atoms with van der Waals surface area (Å²) < 4.78 is 33.1. The quantitative estimate of drug-likeness (QED) is 0.765. The highest BCUT2D eigenvalue weighted by Crippen LogP contribution is 2.44. The lowest BCUT2D eigenvalue weighted by molar-refractivity contribution is -0.193. The lowest BCUT2D eigenvalue weighted by Gasteiger charge is -2.34. The predicted octanol–water partition coefficient (Wildman–Crippen LogP) is 3.20. The van der Waals surface area contributed by atoms with E-state index in [2.05, 4.69) is 14.7 Å². The molecule has 27 heavy (non-hydrogen) atoms. The van der Waals surface area contributed by atoms with Crippen molar-refractivity contribution in [3.05, 3.63) is 60.0 Å². The van der Waals surface area contributed by atoms with E-state index in [-0.39, 0.29) is 23.5 Å². The maximum absolute atomic E-state index is 14.2. The summed E-state index contributed by atoms with van der Waals surface area (Å²) in [6.45, 7) is 1.28. The van der Waals surface area contributed by atoms with Gasteiger partial charge >= 0.3 is 12.0 Å². The highest BCUT2D eigenvalue weighted by molar-refractivity contribution is 6.01. The number of pyridine rings is 2. The van der Waals surface area contributed by atoms with Gasteiger partial charge in [0.05, 0.1) is 29.5 Å². The van der Waals surface area contributed by atoms with E-state index in [9.17, 15) is 18.7 Å². The number of nitrogens with zero attached hydrogens (tertiary/aromatic N) is 3. The molecule has 138 valence electrons. The molecule has 3 heterocycles. The fourth-order valence-corrected chi connectivity index (χ4v) is 3.05. The Labute approximate surface area is 153 Å². The van der Waals surface area contributed by atoms with Crippen molar-refractivity contribution in [1.82, 2.24) is 9.97 Å². The molecule has 0 saturated carbocycles. The second-order valence-electron chi connectivity index (χ2n) is 6.25. The van der Waals surface area contributed by atoms with Crippen LogP contribution in [0.5, 0.6) is 5.75 Å². The van der Waals surface area contributed by atoms with E-state index in [1.807, 2.05) is 0 Å². The maximum Gasteiger partial charge on any atom is 0.483 e. The first-order chi connectivity index (χ1) is 12.9. The van der Waals surface area contributed by atoms with Gasteiger partial charge in [-0.3, -0.25) is 19.7 Å². The van der Waals surface area contributed by atoms with Gasteiger partial charge < -0.3 is 9.84 Å². The number of aliphatic hydroxyl groups is 1. The van der Waals surface area contributed by atoms with Crippen molar-refractivity contribution in [3.8, 4) is 5.75 Å². The zero-order valence-electron chi connectivity index (χ0n) is 14.3. The second kappa shape index (κ2) is 6.24. The minimum absolute atomic E-state index is 0.160. The lowest BCUT2D eigenvalue weighted by atomic mass is 10.1. The topological polar surface area (TPSA) is 75.6 Å². The van der Waals surface area contributed by atoms with Crippen molar-refractivity contribution in [3.63, 3.8) is 0 Å². The van der Waals surface area contributed by atoms with Crippen LogP contribution < -0.4 is 9.64 Å². The van der Waals surface area contributed by atoms with Crippen molar-refractivity contribution in [2.75, 3.05) is 4.90 Å². The number of ether oxygens (including phenoxy) is 1. The van der Waals surface area contributed by atoms with E-state index in [1.54, 1.807) is 36.7 Å². The molecule has 0 radical (unpaired) electrons. The molecule has 0 aliphatic carbocycles. The molecule has 0 unspecified atom stereocenters. The van der Waals surface area contributed by atoms with Crippen LogP contribution in [0.15, 0.2) is 48.8 Å². The summed E-state index contributed by atoms with van der Waals surface area (Å²) in [5, 5.41) is 10.7. The molecule has 1 N–H and O–H groups in total. The van der Waals surface area contributed by atoms with E-state index < -0.39 is 18.1 Å². The van der Waals surface area contributed by atoms with Gasteiger partial charge in [-0.1, -0.05) is 12.1 Å². The van der Waals surface area contributed by atoms with Crippen molar-refractivity contribution in [1.29, 1.82) is 0 Å². The Hall–Kier alpha value is -3.13. The molecule has 6 nitrogen and oxygen atoms in total. The molecular formula is C19H15F2N3O3. The number of alkyl halides is 2. The van der Waals surface area contributed by atoms with Crippen LogP contribution in [0.1, 0.15) is 24.3 Å². The average Bonchev–Trinajstić information content (AvgIpc) is 2.64. The van der Waals surface area contributed by atoms with Crippen LogP contribution in [0.3, 0.4) is 0 Å². The van der Waals surface area contributed by atoms with Gasteiger partial charge in [0.2, 0.25) is 0 Å². The smallest absolute Gasteiger partial charge is 0.423 e. The number of hydrogen-bond acceptors (Lipinski definition) is 5. The number of aliphatic hydroxyl groups excluding tert-OH is 1. The summed E-state index contributed by atoms with van der Waals surface area (Å²) in [6, 6.07) is 9.68. The average molecular weight is 371 g/mol. The minimum Gasteiger partial charge on any atom is -0.423 e. The highest BCUT2D eigenvalue weighted by atomic mass is 19.3. The third-order valence-electron chi connectivity index (χ3n) is 4.36. The molecule has 1 atom stereocenters. The van der Waals surface area contributed by atoms with E-state index in [1.165, 1.54) is 19.1 Å². The molecule has 1 aliphatic heterocycles. The molecular weight excluding hydrogens is 356 g/mol. The van der Waals surface area contributed by atoms with Gasteiger partial charge in [-0.05, 0) is 31.2 Å². The SMILES string of the molecule is C[C@H](O)c1cccc2c1OC(F)(F)C(=O)N2Cc1ccc2cnccc2n1. The molecule has 3 aromatic rings. The maximum atomic E-state index is 14.2. The largest absolute Gasteiger partial charge is 0.483 e.